The number of anilines is 1. The Bertz CT molecular complexity index is 727. The lowest BCUT2D eigenvalue weighted by Crippen LogP contribution is -2.31. The molecule has 1 aliphatic carbocycles. The maximum Gasteiger partial charge on any atom is 0.320 e. The Morgan fingerprint density at radius 1 is 1.13 bits per heavy atom. The first-order chi connectivity index (χ1) is 11.1. The van der Waals surface area contributed by atoms with Gasteiger partial charge in [-0.25, -0.2) is 9.78 Å². The van der Waals surface area contributed by atoms with E-state index in [0.29, 0.717) is 12.4 Å². The Balaban J connectivity index is 1.50. The SMILES string of the molecule is Cc1cnc(CCNC(=O)Nc2cc3c(cn2)CCC3)c(C)c1. The molecule has 0 saturated heterocycles. The molecular weight excluding hydrogens is 288 g/mol. The lowest BCUT2D eigenvalue weighted by atomic mass is 10.1. The van der Waals surface area contributed by atoms with Crippen molar-refractivity contribution in [3.63, 3.8) is 0 Å². The van der Waals surface area contributed by atoms with Crippen LogP contribution in [0.5, 0.6) is 0 Å². The second-order valence-corrected chi connectivity index (χ2v) is 6.10. The molecule has 0 bridgehead atoms. The van der Waals surface area contributed by atoms with Gasteiger partial charge in [-0.15, -0.1) is 0 Å². The van der Waals surface area contributed by atoms with Gasteiger partial charge in [-0.05, 0) is 61.4 Å². The summed E-state index contributed by atoms with van der Waals surface area (Å²) >= 11 is 0. The molecule has 0 aliphatic heterocycles. The van der Waals surface area contributed by atoms with Gasteiger partial charge in [-0.1, -0.05) is 6.07 Å². The van der Waals surface area contributed by atoms with Crippen LogP contribution in [0.15, 0.2) is 24.5 Å². The molecule has 120 valence electrons. The summed E-state index contributed by atoms with van der Waals surface area (Å²) in [6.45, 7) is 4.62. The number of carbonyl (C=O) groups excluding carboxylic acids is 1. The first-order valence-corrected chi connectivity index (χ1v) is 8.06. The number of fused-ring (bicyclic) bond motifs is 1. The number of hydrogen-bond donors (Lipinski definition) is 2. The molecule has 1 aliphatic rings. The normalized spacial score (nSPS) is 12.8. The van der Waals surface area contributed by atoms with Crippen LogP contribution in [0.2, 0.25) is 0 Å². The fourth-order valence-corrected chi connectivity index (χ4v) is 2.98. The molecule has 0 saturated carbocycles. The maximum absolute atomic E-state index is 12.0. The van der Waals surface area contributed by atoms with E-state index in [4.69, 9.17) is 0 Å². The van der Waals surface area contributed by atoms with Crippen LogP contribution in [0.25, 0.3) is 0 Å². The topological polar surface area (TPSA) is 66.9 Å². The molecule has 2 aromatic heterocycles. The van der Waals surface area contributed by atoms with Gasteiger partial charge in [0.15, 0.2) is 0 Å². The molecule has 0 spiro atoms. The summed E-state index contributed by atoms with van der Waals surface area (Å²) in [4.78, 5) is 20.7. The second-order valence-electron chi connectivity index (χ2n) is 6.10. The number of nitrogens with one attached hydrogen (secondary N) is 2. The third-order valence-electron chi connectivity index (χ3n) is 4.19. The van der Waals surface area contributed by atoms with Crippen LogP contribution in [0.4, 0.5) is 10.6 Å². The van der Waals surface area contributed by atoms with Crippen LogP contribution < -0.4 is 10.6 Å². The van der Waals surface area contributed by atoms with Gasteiger partial charge in [0.25, 0.3) is 0 Å². The Hall–Kier alpha value is -2.43. The minimum Gasteiger partial charge on any atom is -0.337 e. The van der Waals surface area contributed by atoms with Crippen LogP contribution in [-0.2, 0) is 19.3 Å². The summed E-state index contributed by atoms with van der Waals surface area (Å²) < 4.78 is 0. The lowest BCUT2D eigenvalue weighted by Gasteiger charge is -2.09. The minimum atomic E-state index is -0.222. The van der Waals surface area contributed by atoms with Crippen molar-refractivity contribution >= 4 is 11.8 Å². The van der Waals surface area contributed by atoms with Crippen molar-refractivity contribution in [2.24, 2.45) is 0 Å². The smallest absolute Gasteiger partial charge is 0.320 e. The van der Waals surface area contributed by atoms with Gasteiger partial charge in [0.05, 0.1) is 0 Å². The summed E-state index contributed by atoms with van der Waals surface area (Å²) in [5, 5.41) is 5.66. The van der Waals surface area contributed by atoms with Crippen molar-refractivity contribution in [1.29, 1.82) is 0 Å². The van der Waals surface area contributed by atoms with Crippen LogP contribution >= 0.6 is 0 Å². The zero-order valence-electron chi connectivity index (χ0n) is 13.6. The van der Waals surface area contributed by atoms with E-state index in [9.17, 15) is 4.79 Å². The Morgan fingerprint density at radius 2 is 1.96 bits per heavy atom. The predicted octanol–water partition coefficient (Wildman–Crippen LogP) is 2.95. The molecule has 5 nitrogen and oxygen atoms in total. The number of urea groups is 1. The van der Waals surface area contributed by atoms with Gasteiger partial charge in [0, 0.05) is 31.1 Å². The molecule has 0 unspecified atom stereocenters. The number of amides is 2. The molecule has 5 heteroatoms. The van der Waals surface area contributed by atoms with E-state index in [0.717, 1.165) is 36.1 Å². The third kappa shape index (κ3) is 3.86. The van der Waals surface area contributed by atoms with Crippen molar-refractivity contribution in [3.8, 4) is 0 Å². The molecule has 0 aromatic carbocycles. The summed E-state index contributed by atoms with van der Waals surface area (Å²) in [5.41, 5.74) is 5.94. The molecule has 0 atom stereocenters. The fourth-order valence-electron chi connectivity index (χ4n) is 2.98. The van der Waals surface area contributed by atoms with Gasteiger partial charge in [-0.3, -0.25) is 10.3 Å². The maximum atomic E-state index is 12.0. The summed E-state index contributed by atoms with van der Waals surface area (Å²) in [5.74, 6) is 0.618. The van der Waals surface area contributed by atoms with Crippen molar-refractivity contribution in [2.75, 3.05) is 11.9 Å². The zero-order valence-corrected chi connectivity index (χ0v) is 13.6. The number of pyridine rings is 2. The van der Waals surface area contributed by atoms with E-state index in [1.54, 1.807) is 0 Å². The highest BCUT2D eigenvalue weighted by Crippen LogP contribution is 2.22. The van der Waals surface area contributed by atoms with Gasteiger partial charge >= 0.3 is 6.03 Å². The van der Waals surface area contributed by atoms with Crippen LogP contribution in [0.3, 0.4) is 0 Å². The highest BCUT2D eigenvalue weighted by Gasteiger charge is 2.12. The number of nitrogens with zero attached hydrogens (tertiary/aromatic N) is 2. The largest absolute Gasteiger partial charge is 0.337 e. The molecule has 3 rings (SSSR count). The van der Waals surface area contributed by atoms with E-state index in [2.05, 4.69) is 26.7 Å². The quantitative estimate of drug-likeness (QED) is 0.912. The summed E-state index contributed by atoms with van der Waals surface area (Å²) in [7, 11) is 0. The highest BCUT2D eigenvalue weighted by atomic mass is 16.2. The number of aryl methyl sites for hydroxylation is 4. The molecule has 2 amide bonds. The molecular formula is C18H22N4O. The van der Waals surface area contributed by atoms with Gasteiger partial charge in [-0.2, -0.15) is 0 Å². The fraction of sp³-hybridized carbons (Fsp3) is 0.389. The van der Waals surface area contributed by atoms with Crippen molar-refractivity contribution in [2.45, 2.75) is 39.5 Å². The summed E-state index contributed by atoms with van der Waals surface area (Å²) in [6.07, 6.45) is 7.80. The molecule has 2 heterocycles. The van der Waals surface area contributed by atoms with E-state index >= 15 is 0 Å². The Kier molecular flexibility index (Phi) is 4.55. The minimum absolute atomic E-state index is 0.222. The Labute approximate surface area is 136 Å². The molecule has 0 fully saturated rings. The lowest BCUT2D eigenvalue weighted by molar-refractivity contribution is 0.252. The molecule has 2 N–H and O–H groups in total. The molecule has 0 radical (unpaired) electrons. The number of hydrogen-bond acceptors (Lipinski definition) is 3. The standard InChI is InChI=1S/C18H22N4O/c1-12-8-13(2)16(20-10-12)6-7-19-18(23)22-17-9-14-4-3-5-15(14)11-21-17/h8-11H,3-7H2,1-2H3,(H2,19,21,22,23). The average molecular weight is 310 g/mol. The van der Waals surface area contributed by atoms with Crippen molar-refractivity contribution in [3.05, 3.63) is 52.5 Å². The van der Waals surface area contributed by atoms with Crippen LogP contribution in [0, 0.1) is 13.8 Å². The van der Waals surface area contributed by atoms with Gasteiger partial charge in [0.1, 0.15) is 5.82 Å². The van der Waals surface area contributed by atoms with E-state index < -0.39 is 0 Å². The van der Waals surface area contributed by atoms with Gasteiger partial charge < -0.3 is 5.32 Å². The number of carbonyl (C=O) groups is 1. The van der Waals surface area contributed by atoms with E-state index in [1.165, 1.54) is 17.5 Å². The summed E-state index contributed by atoms with van der Waals surface area (Å²) in [6, 6.07) is 3.87. The zero-order chi connectivity index (χ0) is 16.2. The first-order valence-electron chi connectivity index (χ1n) is 8.06. The second kappa shape index (κ2) is 6.77. The molecule has 2 aromatic rings. The average Bonchev–Trinajstić information content (AvgIpc) is 2.97. The van der Waals surface area contributed by atoms with E-state index in [-0.39, 0.29) is 6.03 Å². The number of aromatic nitrogens is 2. The first kappa shape index (κ1) is 15.5. The van der Waals surface area contributed by atoms with Crippen LogP contribution in [-0.4, -0.2) is 22.5 Å². The predicted molar refractivity (Wildman–Crippen MR) is 90.7 cm³/mol. The van der Waals surface area contributed by atoms with Crippen molar-refractivity contribution in [1.82, 2.24) is 15.3 Å². The van der Waals surface area contributed by atoms with E-state index in [1.807, 2.05) is 32.3 Å². The monoisotopic (exact) mass is 310 g/mol. The number of rotatable bonds is 4. The third-order valence-corrected chi connectivity index (χ3v) is 4.19. The van der Waals surface area contributed by atoms with Gasteiger partial charge in [0.2, 0.25) is 0 Å². The van der Waals surface area contributed by atoms with Crippen molar-refractivity contribution < 1.29 is 4.79 Å². The highest BCUT2D eigenvalue weighted by molar-refractivity contribution is 5.88. The Morgan fingerprint density at radius 3 is 2.78 bits per heavy atom. The molecule has 23 heavy (non-hydrogen) atoms. The van der Waals surface area contributed by atoms with Crippen LogP contribution in [0.1, 0.15) is 34.4 Å².